The molecule has 28 heavy (non-hydrogen) atoms. The van der Waals surface area contributed by atoms with Crippen molar-refractivity contribution in [3.8, 4) is 0 Å². The Morgan fingerprint density at radius 1 is 1.07 bits per heavy atom. The molecule has 5 nitrogen and oxygen atoms in total. The van der Waals surface area contributed by atoms with E-state index in [1.54, 1.807) is 55.1 Å². The molecule has 0 aliphatic carbocycles. The molecule has 0 atom stereocenters. The number of Topliss-reactive ketones (excluding diaryl/α,β-unsaturated/α-hetero) is 1. The lowest BCUT2D eigenvalue weighted by Crippen LogP contribution is -2.50. The number of nitrogens with one attached hydrogen (secondary N) is 1. The maximum Gasteiger partial charge on any atom is 0.252 e. The fourth-order valence-corrected chi connectivity index (χ4v) is 3.53. The third-order valence-corrected chi connectivity index (χ3v) is 4.97. The van der Waals surface area contributed by atoms with E-state index in [1.807, 2.05) is 12.1 Å². The molecule has 144 valence electrons. The molecule has 2 amide bonds. The van der Waals surface area contributed by atoms with Gasteiger partial charge in [0.1, 0.15) is 0 Å². The Morgan fingerprint density at radius 2 is 1.79 bits per heavy atom. The van der Waals surface area contributed by atoms with Gasteiger partial charge in [0.05, 0.1) is 5.54 Å². The van der Waals surface area contributed by atoms with E-state index in [9.17, 15) is 14.4 Å². The van der Waals surface area contributed by atoms with Crippen molar-refractivity contribution in [1.29, 1.82) is 0 Å². The van der Waals surface area contributed by atoms with Gasteiger partial charge in [-0.2, -0.15) is 0 Å². The highest BCUT2D eigenvalue weighted by Gasteiger charge is 2.32. The molecular weight excluding hydrogens is 352 g/mol. The predicted octanol–water partition coefficient (Wildman–Crippen LogP) is 3.54. The average Bonchev–Trinajstić information content (AvgIpc) is 2.72. The molecule has 0 fully saturated rings. The summed E-state index contributed by atoms with van der Waals surface area (Å²) in [6.07, 6.45) is 2.75. The number of rotatable bonds is 5. The van der Waals surface area contributed by atoms with Gasteiger partial charge in [-0.05, 0) is 50.5 Å². The lowest BCUT2D eigenvalue weighted by molar-refractivity contribution is -0.114. The van der Waals surface area contributed by atoms with Crippen LogP contribution in [0.5, 0.6) is 0 Å². The molecule has 0 aromatic heterocycles. The van der Waals surface area contributed by atoms with Crippen LogP contribution in [0.1, 0.15) is 46.5 Å². The second-order valence-electron chi connectivity index (χ2n) is 7.38. The topological polar surface area (TPSA) is 66.5 Å². The van der Waals surface area contributed by atoms with Gasteiger partial charge in [-0.3, -0.25) is 14.4 Å². The first-order valence-electron chi connectivity index (χ1n) is 9.33. The maximum absolute atomic E-state index is 13.0. The maximum atomic E-state index is 13.0. The summed E-state index contributed by atoms with van der Waals surface area (Å²) in [5.74, 6) is -0.660. The molecule has 1 aliphatic rings. The van der Waals surface area contributed by atoms with Gasteiger partial charge in [-0.1, -0.05) is 43.0 Å². The van der Waals surface area contributed by atoms with Gasteiger partial charge in [-0.15, -0.1) is 0 Å². The van der Waals surface area contributed by atoms with Crippen molar-refractivity contribution in [3.05, 3.63) is 77.9 Å². The molecular formula is C23H24N2O3. The van der Waals surface area contributed by atoms with E-state index in [0.29, 0.717) is 24.1 Å². The number of hydrogen-bond acceptors (Lipinski definition) is 3. The molecule has 0 unspecified atom stereocenters. The van der Waals surface area contributed by atoms with E-state index in [0.717, 1.165) is 17.7 Å². The minimum absolute atomic E-state index is 0.158. The molecule has 0 bridgehead atoms. The zero-order valence-corrected chi connectivity index (χ0v) is 16.2. The Bertz CT molecular complexity index is 932. The third kappa shape index (κ3) is 3.74. The Kier molecular flexibility index (Phi) is 5.45. The summed E-state index contributed by atoms with van der Waals surface area (Å²) < 4.78 is 0. The fourth-order valence-electron chi connectivity index (χ4n) is 3.53. The Labute approximate surface area is 165 Å². The molecule has 2 aromatic carbocycles. The number of ketones is 1. The SMILES string of the molecule is C=CC(=O)N1CCCc2c(C(=O)NC(C)(C)C(=O)c3ccccc3)cccc21. The highest BCUT2D eigenvalue weighted by molar-refractivity contribution is 6.08. The predicted molar refractivity (Wildman–Crippen MR) is 110 cm³/mol. The summed E-state index contributed by atoms with van der Waals surface area (Å²) in [7, 11) is 0. The van der Waals surface area contributed by atoms with Crippen molar-refractivity contribution in [2.24, 2.45) is 0 Å². The van der Waals surface area contributed by atoms with E-state index in [-0.39, 0.29) is 17.6 Å². The van der Waals surface area contributed by atoms with Crippen LogP contribution in [0.25, 0.3) is 0 Å². The zero-order valence-electron chi connectivity index (χ0n) is 16.2. The molecule has 0 saturated heterocycles. The standard InChI is InChI=1S/C23H24N2O3/c1-4-20(26)25-15-9-13-17-18(12-8-14-19(17)25)22(28)24-23(2,3)21(27)16-10-6-5-7-11-16/h4-8,10-12,14H,1,9,13,15H2,2-3H3,(H,24,28). The highest BCUT2D eigenvalue weighted by atomic mass is 16.2. The van der Waals surface area contributed by atoms with E-state index < -0.39 is 5.54 Å². The van der Waals surface area contributed by atoms with Crippen molar-refractivity contribution in [2.75, 3.05) is 11.4 Å². The van der Waals surface area contributed by atoms with Gasteiger partial charge in [0.2, 0.25) is 5.91 Å². The van der Waals surface area contributed by atoms with Crippen molar-refractivity contribution in [1.82, 2.24) is 5.32 Å². The van der Waals surface area contributed by atoms with E-state index in [1.165, 1.54) is 6.08 Å². The zero-order chi connectivity index (χ0) is 20.3. The summed E-state index contributed by atoms with van der Waals surface area (Å²) in [6.45, 7) is 7.55. The van der Waals surface area contributed by atoms with Crippen LogP contribution in [0.4, 0.5) is 5.69 Å². The minimum atomic E-state index is -1.06. The van der Waals surface area contributed by atoms with Crippen molar-refractivity contribution < 1.29 is 14.4 Å². The Balaban J connectivity index is 1.88. The average molecular weight is 376 g/mol. The quantitative estimate of drug-likeness (QED) is 0.641. The number of amides is 2. The first-order chi connectivity index (χ1) is 13.3. The van der Waals surface area contributed by atoms with Crippen LogP contribution in [0.15, 0.2) is 61.2 Å². The van der Waals surface area contributed by atoms with Gasteiger partial charge in [-0.25, -0.2) is 0 Å². The molecule has 5 heteroatoms. The number of carbonyl (C=O) groups is 3. The van der Waals surface area contributed by atoms with Gasteiger partial charge in [0.25, 0.3) is 5.91 Å². The summed E-state index contributed by atoms with van der Waals surface area (Å²) in [5.41, 5.74) is 1.53. The smallest absolute Gasteiger partial charge is 0.252 e. The minimum Gasteiger partial charge on any atom is -0.340 e. The summed E-state index contributed by atoms with van der Waals surface area (Å²) in [6, 6.07) is 14.2. The number of fused-ring (bicyclic) bond motifs is 1. The second kappa shape index (κ2) is 7.80. The first kappa shape index (κ1) is 19.5. The lowest BCUT2D eigenvalue weighted by atomic mass is 9.91. The molecule has 1 aliphatic heterocycles. The largest absolute Gasteiger partial charge is 0.340 e. The van der Waals surface area contributed by atoms with Gasteiger partial charge in [0, 0.05) is 23.4 Å². The highest BCUT2D eigenvalue weighted by Crippen LogP contribution is 2.30. The van der Waals surface area contributed by atoms with Gasteiger partial charge < -0.3 is 10.2 Å². The molecule has 0 radical (unpaired) electrons. The molecule has 3 rings (SSSR count). The number of anilines is 1. The number of hydrogen-bond donors (Lipinski definition) is 1. The van der Waals surface area contributed by atoms with Crippen LogP contribution in [0, 0.1) is 0 Å². The summed E-state index contributed by atoms with van der Waals surface area (Å²) in [5, 5.41) is 2.87. The Hall–Kier alpha value is -3.21. The fraction of sp³-hybridized carbons (Fsp3) is 0.261. The van der Waals surface area contributed by atoms with Crippen molar-refractivity contribution in [2.45, 2.75) is 32.2 Å². The van der Waals surface area contributed by atoms with Crippen LogP contribution in [0.2, 0.25) is 0 Å². The van der Waals surface area contributed by atoms with Gasteiger partial charge in [0.15, 0.2) is 5.78 Å². The van der Waals surface area contributed by atoms with Crippen LogP contribution >= 0.6 is 0 Å². The van der Waals surface area contributed by atoms with E-state index >= 15 is 0 Å². The number of nitrogens with zero attached hydrogens (tertiary/aromatic N) is 1. The van der Waals surface area contributed by atoms with Crippen LogP contribution in [-0.4, -0.2) is 29.7 Å². The summed E-state index contributed by atoms with van der Waals surface area (Å²) >= 11 is 0. The monoisotopic (exact) mass is 376 g/mol. The van der Waals surface area contributed by atoms with Gasteiger partial charge >= 0.3 is 0 Å². The second-order valence-corrected chi connectivity index (χ2v) is 7.38. The van der Waals surface area contributed by atoms with E-state index in [4.69, 9.17) is 0 Å². The molecule has 0 saturated carbocycles. The molecule has 2 aromatic rings. The first-order valence-corrected chi connectivity index (χ1v) is 9.33. The molecule has 0 spiro atoms. The third-order valence-electron chi connectivity index (χ3n) is 4.97. The number of benzene rings is 2. The van der Waals surface area contributed by atoms with Crippen LogP contribution < -0.4 is 10.2 Å². The van der Waals surface area contributed by atoms with Crippen molar-refractivity contribution in [3.63, 3.8) is 0 Å². The van der Waals surface area contributed by atoms with E-state index in [2.05, 4.69) is 11.9 Å². The molecule has 1 N–H and O–H groups in total. The number of carbonyl (C=O) groups excluding carboxylic acids is 3. The lowest BCUT2D eigenvalue weighted by Gasteiger charge is -2.31. The van der Waals surface area contributed by atoms with Crippen molar-refractivity contribution >= 4 is 23.3 Å². The summed E-state index contributed by atoms with van der Waals surface area (Å²) in [4.78, 5) is 39.6. The van der Waals surface area contributed by atoms with Crippen LogP contribution in [-0.2, 0) is 11.2 Å². The molecule has 1 heterocycles. The van der Waals surface area contributed by atoms with Crippen LogP contribution in [0.3, 0.4) is 0 Å². The normalized spacial score (nSPS) is 13.4. The Morgan fingerprint density at radius 3 is 2.46 bits per heavy atom.